The number of hydrogen-bond acceptors (Lipinski definition) is 4. The van der Waals surface area contributed by atoms with Crippen LogP contribution in [0.1, 0.15) is 0 Å². The lowest BCUT2D eigenvalue weighted by Gasteiger charge is -2.01. The first-order chi connectivity index (χ1) is 7.78. The van der Waals surface area contributed by atoms with Gasteiger partial charge in [-0.15, -0.1) is 4.36 Å². The van der Waals surface area contributed by atoms with E-state index < -0.39 is 20.7 Å². The van der Waals surface area contributed by atoms with Crippen LogP contribution in [0.15, 0.2) is 28.6 Å². The maximum Gasteiger partial charge on any atom is 0.353 e. The third-order valence-corrected chi connectivity index (χ3v) is 2.22. The van der Waals surface area contributed by atoms with Gasteiger partial charge in [-0.25, -0.2) is 9.00 Å². The lowest BCUT2D eigenvalue weighted by molar-refractivity contribution is -0.384. The molecule has 0 aliphatic rings. The van der Waals surface area contributed by atoms with E-state index in [0.29, 0.717) is 0 Å². The van der Waals surface area contributed by atoms with Crippen LogP contribution in [0.3, 0.4) is 0 Å². The fourth-order valence-electron chi connectivity index (χ4n) is 1.04. The molecule has 0 spiro atoms. The van der Waals surface area contributed by atoms with E-state index in [1.807, 2.05) is 0 Å². The zero-order chi connectivity index (χ0) is 13.1. The molecule has 0 radical (unpaired) electrons. The van der Waals surface area contributed by atoms with Crippen LogP contribution in [0.25, 0.3) is 0 Å². The fourth-order valence-corrected chi connectivity index (χ4v) is 1.49. The SMILES string of the molecule is CS(C)(=O)=NC(=O)Nc1cccc([N+](=O)[O-])c1. The van der Waals surface area contributed by atoms with Crippen LogP contribution >= 0.6 is 0 Å². The van der Waals surface area contributed by atoms with Crippen LogP contribution in [-0.4, -0.2) is 27.7 Å². The van der Waals surface area contributed by atoms with E-state index in [1.165, 1.54) is 36.8 Å². The molecule has 0 aliphatic carbocycles. The largest absolute Gasteiger partial charge is 0.353 e. The molecule has 1 N–H and O–H groups in total. The molecule has 0 aromatic heterocycles. The van der Waals surface area contributed by atoms with Crippen molar-refractivity contribution in [1.29, 1.82) is 0 Å². The van der Waals surface area contributed by atoms with E-state index in [2.05, 4.69) is 9.68 Å². The third-order valence-electron chi connectivity index (χ3n) is 1.61. The lowest BCUT2D eigenvalue weighted by atomic mass is 10.3. The number of nitro benzene ring substituents is 1. The second-order valence-corrected chi connectivity index (χ2v) is 6.06. The molecule has 0 fully saturated rings. The third kappa shape index (κ3) is 4.60. The highest BCUT2D eigenvalue weighted by atomic mass is 32.2. The van der Waals surface area contributed by atoms with Gasteiger partial charge in [0.15, 0.2) is 0 Å². The van der Waals surface area contributed by atoms with Crippen LogP contribution in [-0.2, 0) is 9.73 Å². The second kappa shape index (κ2) is 4.91. The smallest absolute Gasteiger partial charge is 0.305 e. The van der Waals surface area contributed by atoms with Gasteiger partial charge in [-0.1, -0.05) is 6.07 Å². The van der Waals surface area contributed by atoms with Gasteiger partial charge in [-0.3, -0.25) is 10.1 Å². The molecule has 17 heavy (non-hydrogen) atoms. The molecule has 0 unspecified atom stereocenters. The number of non-ortho nitro benzene ring substituents is 1. The van der Waals surface area contributed by atoms with Gasteiger partial charge in [0.1, 0.15) is 0 Å². The molecule has 0 heterocycles. The Balaban J connectivity index is 2.90. The fraction of sp³-hybridized carbons (Fsp3) is 0.222. The number of benzene rings is 1. The Morgan fingerprint density at radius 1 is 1.47 bits per heavy atom. The summed E-state index contributed by atoms with van der Waals surface area (Å²) in [7, 11) is -2.54. The molecule has 8 heteroatoms. The summed E-state index contributed by atoms with van der Waals surface area (Å²) in [5, 5.41) is 12.8. The summed E-state index contributed by atoms with van der Waals surface area (Å²) in [5.41, 5.74) is 0.0909. The number of carbonyl (C=O) groups is 1. The molecule has 7 nitrogen and oxygen atoms in total. The summed E-state index contributed by atoms with van der Waals surface area (Å²) < 4.78 is 14.6. The average molecular weight is 257 g/mol. The molecular weight excluding hydrogens is 246 g/mol. The van der Waals surface area contributed by atoms with Crippen molar-refractivity contribution in [3.63, 3.8) is 0 Å². The van der Waals surface area contributed by atoms with Crippen molar-refractivity contribution < 1.29 is 13.9 Å². The summed E-state index contributed by atoms with van der Waals surface area (Å²) in [4.78, 5) is 21.2. The Labute approximate surface area is 98.2 Å². The molecule has 2 amide bonds. The van der Waals surface area contributed by atoms with E-state index in [4.69, 9.17) is 0 Å². The molecule has 1 aromatic rings. The number of nitrogens with zero attached hydrogens (tertiary/aromatic N) is 2. The number of urea groups is 1. The van der Waals surface area contributed by atoms with Gasteiger partial charge >= 0.3 is 6.03 Å². The number of hydrogen-bond donors (Lipinski definition) is 1. The molecule has 92 valence electrons. The first-order valence-corrected chi connectivity index (χ1v) is 6.84. The van der Waals surface area contributed by atoms with E-state index in [-0.39, 0.29) is 11.4 Å². The minimum Gasteiger partial charge on any atom is -0.305 e. The van der Waals surface area contributed by atoms with E-state index >= 15 is 0 Å². The van der Waals surface area contributed by atoms with Crippen molar-refractivity contribution in [2.75, 3.05) is 17.8 Å². The van der Waals surface area contributed by atoms with Crippen molar-refractivity contribution in [2.24, 2.45) is 4.36 Å². The lowest BCUT2D eigenvalue weighted by Crippen LogP contribution is -2.09. The van der Waals surface area contributed by atoms with Crippen molar-refractivity contribution >= 4 is 27.1 Å². The van der Waals surface area contributed by atoms with Crippen LogP contribution < -0.4 is 5.32 Å². The summed E-state index contributed by atoms with van der Waals surface area (Å²) in [5.74, 6) is 0. The number of amides is 2. The number of nitrogens with one attached hydrogen (secondary N) is 1. The van der Waals surface area contributed by atoms with Crippen LogP contribution in [0.5, 0.6) is 0 Å². The molecular formula is C9H11N3O4S. The quantitative estimate of drug-likeness (QED) is 0.645. The normalized spacial score (nSPS) is 10.7. The zero-order valence-electron chi connectivity index (χ0n) is 9.25. The highest BCUT2D eigenvalue weighted by Gasteiger charge is 2.08. The maximum absolute atomic E-state index is 11.3. The minimum atomic E-state index is -2.54. The molecule has 1 aromatic carbocycles. The summed E-state index contributed by atoms with van der Waals surface area (Å²) in [6.07, 6.45) is 2.64. The number of carbonyl (C=O) groups excluding carboxylic acids is 1. The van der Waals surface area contributed by atoms with Crippen LogP contribution in [0.2, 0.25) is 0 Å². The molecule has 1 rings (SSSR count). The van der Waals surface area contributed by atoms with Crippen molar-refractivity contribution in [3.05, 3.63) is 34.4 Å². The Kier molecular flexibility index (Phi) is 3.79. The van der Waals surface area contributed by atoms with Crippen LogP contribution in [0, 0.1) is 10.1 Å². The van der Waals surface area contributed by atoms with Crippen LogP contribution in [0.4, 0.5) is 16.2 Å². The maximum atomic E-state index is 11.3. The topological polar surface area (TPSA) is 102 Å². The summed E-state index contributed by atoms with van der Waals surface area (Å²) in [6, 6.07) is 4.62. The predicted octanol–water partition coefficient (Wildman–Crippen LogP) is 1.85. The Hall–Kier alpha value is -1.96. The van der Waals surface area contributed by atoms with E-state index in [1.54, 1.807) is 0 Å². The zero-order valence-corrected chi connectivity index (χ0v) is 10.1. The first-order valence-electron chi connectivity index (χ1n) is 4.50. The predicted molar refractivity (Wildman–Crippen MR) is 64.5 cm³/mol. The van der Waals surface area contributed by atoms with E-state index in [9.17, 15) is 19.1 Å². The molecule has 0 saturated carbocycles. The van der Waals surface area contributed by atoms with Gasteiger partial charge in [0.25, 0.3) is 5.69 Å². The van der Waals surface area contributed by atoms with E-state index in [0.717, 1.165) is 0 Å². The first kappa shape index (κ1) is 13.1. The second-order valence-electron chi connectivity index (χ2n) is 3.51. The van der Waals surface area contributed by atoms with Gasteiger partial charge < -0.3 is 5.32 Å². The molecule has 0 saturated heterocycles. The van der Waals surface area contributed by atoms with Gasteiger partial charge in [0.2, 0.25) is 0 Å². The van der Waals surface area contributed by atoms with Crippen molar-refractivity contribution in [3.8, 4) is 0 Å². The van der Waals surface area contributed by atoms with Crippen molar-refractivity contribution in [1.82, 2.24) is 0 Å². The molecule has 0 bridgehead atoms. The Morgan fingerprint density at radius 3 is 2.65 bits per heavy atom. The molecule has 0 aliphatic heterocycles. The Bertz CT molecular complexity index is 567. The monoisotopic (exact) mass is 257 g/mol. The number of anilines is 1. The van der Waals surface area contributed by atoms with Gasteiger partial charge in [0, 0.05) is 30.3 Å². The highest BCUT2D eigenvalue weighted by molar-refractivity contribution is 7.92. The summed E-state index contributed by atoms with van der Waals surface area (Å²) >= 11 is 0. The van der Waals surface area contributed by atoms with Gasteiger partial charge in [0.05, 0.1) is 14.7 Å². The molecule has 0 atom stereocenters. The highest BCUT2D eigenvalue weighted by Crippen LogP contribution is 2.17. The van der Waals surface area contributed by atoms with Gasteiger partial charge in [-0.2, -0.15) is 0 Å². The number of nitro groups is 1. The standard InChI is InChI=1S/C9H11N3O4S/c1-17(2,16)11-9(13)10-7-4-3-5-8(6-7)12(14)15/h3-6H,1-2H3,(H,10,13). The van der Waals surface area contributed by atoms with Gasteiger partial charge in [-0.05, 0) is 6.07 Å². The minimum absolute atomic E-state index is 0.142. The Morgan fingerprint density at radius 2 is 2.12 bits per heavy atom. The summed E-state index contributed by atoms with van der Waals surface area (Å²) in [6.45, 7) is 0. The van der Waals surface area contributed by atoms with Crippen molar-refractivity contribution in [2.45, 2.75) is 0 Å². The average Bonchev–Trinajstić information content (AvgIpc) is 2.14. The number of rotatable bonds is 2.